The summed E-state index contributed by atoms with van der Waals surface area (Å²) < 4.78 is 0. The lowest BCUT2D eigenvalue weighted by Crippen LogP contribution is -2.35. The Labute approximate surface area is 135 Å². The van der Waals surface area contributed by atoms with E-state index in [0.29, 0.717) is 5.25 Å². The van der Waals surface area contributed by atoms with Gasteiger partial charge < -0.3 is 5.73 Å². The fourth-order valence-electron chi connectivity index (χ4n) is 3.05. The maximum atomic E-state index is 6.23. The van der Waals surface area contributed by atoms with E-state index in [4.69, 9.17) is 5.73 Å². The zero-order valence-electron chi connectivity index (χ0n) is 13.7. The molecule has 1 aliphatic rings. The number of rotatable bonds is 8. The molecule has 1 aromatic carbocycles. The molecule has 1 nitrogen and oxygen atoms in total. The van der Waals surface area contributed by atoms with E-state index in [1.807, 2.05) is 11.8 Å². The van der Waals surface area contributed by atoms with Gasteiger partial charge in [-0.1, -0.05) is 63.3 Å². The van der Waals surface area contributed by atoms with Gasteiger partial charge in [0, 0.05) is 16.5 Å². The lowest BCUT2D eigenvalue weighted by atomic mass is 9.95. The van der Waals surface area contributed by atoms with Crippen LogP contribution < -0.4 is 5.73 Å². The molecule has 0 radical (unpaired) electrons. The monoisotopic (exact) mass is 305 g/mol. The van der Waals surface area contributed by atoms with Crippen LogP contribution in [0.1, 0.15) is 75.2 Å². The van der Waals surface area contributed by atoms with Gasteiger partial charge in [0.1, 0.15) is 0 Å². The van der Waals surface area contributed by atoms with E-state index in [-0.39, 0.29) is 5.54 Å². The lowest BCUT2D eigenvalue weighted by molar-refractivity contribution is 0.505. The van der Waals surface area contributed by atoms with Crippen molar-refractivity contribution in [1.29, 1.82) is 0 Å². The van der Waals surface area contributed by atoms with Crippen LogP contribution in [0.3, 0.4) is 0 Å². The quantitative estimate of drug-likeness (QED) is 0.643. The maximum absolute atomic E-state index is 6.23. The highest BCUT2D eigenvalue weighted by atomic mass is 32.2. The Morgan fingerprint density at radius 1 is 1.10 bits per heavy atom. The Morgan fingerprint density at radius 2 is 1.76 bits per heavy atom. The van der Waals surface area contributed by atoms with E-state index >= 15 is 0 Å². The highest BCUT2D eigenvalue weighted by Gasteiger charge is 2.32. The third kappa shape index (κ3) is 5.67. The molecule has 1 fully saturated rings. The van der Waals surface area contributed by atoms with Crippen LogP contribution in [0.5, 0.6) is 0 Å². The molecule has 2 atom stereocenters. The number of nitrogens with two attached hydrogens (primary N) is 1. The highest BCUT2D eigenvalue weighted by molar-refractivity contribution is 7.99. The topological polar surface area (TPSA) is 26.0 Å². The smallest absolute Gasteiger partial charge is 0.0315 e. The average Bonchev–Trinajstić information content (AvgIpc) is 2.84. The molecule has 0 spiro atoms. The predicted octanol–water partition coefficient (Wildman–Crippen LogP) is 5.49. The van der Waals surface area contributed by atoms with Crippen LogP contribution in [0.15, 0.2) is 24.3 Å². The molecule has 0 aliphatic carbocycles. The molecule has 1 aromatic rings. The second-order valence-corrected chi connectivity index (χ2v) is 8.11. The van der Waals surface area contributed by atoms with Crippen LogP contribution in [0.4, 0.5) is 0 Å². The second-order valence-electron chi connectivity index (χ2n) is 6.92. The van der Waals surface area contributed by atoms with Crippen molar-refractivity contribution in [3.63, 3.8) is 0 Å². The van der Waals surface area contributed by atoms with E-state index in [1.165, 1.54) is 56.1 Å². The molecule has 1 saturated heterocycles. The van der Waals surface area contributed by atoms with E-state index < -0.39 is 0 Å². The summed E-state index contributed by atoms with van der Waals surface area (Å²) in [4.78, 5) is 0. The van der Waals surface area contributed by atoms with Crippen LogP contribution in [-0.4, -0.2) is 11.3 Å². The van der Waals surface area contributed by atoms with Crippen LogP contribution >= 0.6 is 11.8 Å². The van der Waals surface area contributed by atoms with Gasteiger partial charge in [0.2, 0.25) is 0 Å². The zero-order chi connectivity index (χ0) is 15.1. The number of thioether (sulfide) groups is 1. The van der Waals surface area contributed by atoms with Crippen molar-refractivity contribution >= 4 is 11.8 Å². The van der Waals surface area contributed by atoms with Crippen molar-refractivity contribution in [3.8, 4) is 0 Å². The number of hydrogen-bond donors (Lipinski definition) is 1. The number of unbranched alkanes of at least 4 members (excludes halogenated alkanes) is 5. The summed E-state index contributed by atoms with van der Waals surface area (Å²) in [5, 5.41) is 0.600. The molecule has 1 heterocycles. The van der Waals surface area contributed by atoms with Crippen molar-refractivity contribution in [3.05, 3.63) is 35.4 Å². The Balaban J connectivity index is 1.72. The molecule has 2 N–H and O–H groups in total. The molecule has 0 aromatic heterocycles. The molecule has 2 heteroatoms. The van der Waals surface area contributed by atoms with Gasteiger partial charge in [-0.05, 0) is 37.3 Å². The first-order valence-corrected chi connectivity index (χ1v) is 9.65. The largest absolute Gasteiger partial charge is 0.325 e. The molecule has 0 bridgehead atoms. The van der Waals surface area contributed by atoms with Gasteiger partial charge in [0.05, 0.1) is 0 Å². The van der Waals surface area contributed by atoms with E-state index in [1.54, 1.807) is 0 Å². The van der Waals surface area contributed by atoms with Crippen molar-refractivity contribution < 1.29 is 0 Å². The molecule has 0 saturated carbocycles. The third-order valence-corrected chi connectivity index (χ3v) is 6.10. The van der Waals surface area contributed by atoms with Crippen molar-refractivity contribution in [2.75, 3.05) is 5.75 Å². The Kier molecular flexibility index (Phi) is 6.63. The number of aryl methyl sites for hydroxylation is 1. The average molecular weight is 306 g/mol. The molecule has 21 heavy (non-hydrogen) atoms. The standard InChI is InChI=1S/C19H31NS/c1-3-4-5-6-7-8-9-16-10-12-17(13-11-16)18-14-19(2,20)15-21-18/h10-13,18H,3-9,14-15,20H2,1-2H3. The Hall–Kier alpha value is -0.470. The fraction of sp³-hybridized carbons (Fsp3) is 0.684. The minimum atomic E-state index is 0.0203. The summed E-state index contributed by atoms with van der Waals surface area (Å²) in [6.07, 6.45) is 10.6. The van der Waals surface area contributed by atoms with Crippen LogP contribution in [0.25, 0.3) is 0 Å². The zero-order valence-corrected chi connectivity index (χ0v) is 14.6. The van der Waals surface area contributed by atoms with E-state index in [0.717, 1.165) is 12.2 Å². The van der Waals surface area contributed by atoms with Crippen molar-refractivity contribution in [2.24, 2.45) is 5.73 Å². The third-order valence-electron chi connectivity index (χ3n) is 4.44. The fourth-order valence-corrected chi connectivity index (χ4v) is 4.60. The van der Waals surface area contributed by atoms with Gasteiger partial charge in [0.15, 0.2) is 0 Å². The first-order valence-electron chi connectivity index (χ1n) is 8.60. The van der Waals surface area contributed by atoms with Gasteiger partial charge in [-0.25, -0.2) is 0 Å². The number of benzene rings is 1. The van der Waals surface area contributed by atoms with E-state index in [2.05, 4.69) is 38.1 Å². The lowest BCUT2D eigenvalue weighted by Gasteiger charge is -2.16. The molecule has 0 amide bonds. The van der Waals surface area contributed by atoms with E-state index in [9.17, 15) is 0 Å². The predicted molar refractivity (Wildman–Crippen MR) is 95.9 cm³/mol. The Bertz CT molecular complexity index is 410. The molecular weight excluding hydrogens is 274 g/mol. The molecular formula is C19H31NS. The SMILES string of the molecule is CCCCCCCCc1ccc(C2CC(C)(N)CS2)cc1. The summed E-state index contributed by atoms with van der Waals surface area (Å²) in [5.41, 5.74) is 9.20. The minimum absolute atomic E-state index is 0.0203. The first kappa shape index (κ1) is 16.9. The van der Waals surface area contributed by atoms with Gasteiger partial charge in [-0.2, -0.15) is 11.8 Å². The van der Waals surface area contributed by atoms with Crippen LogP contribution in [-0.2, 0) is 6.42 Å². The maximum Gasteiger partial charge on any atom is 0.0315 e. The van der Waals surface area contributed by atoms with Gasteiger partial charge in [0.25, 0.3) is 0 Å². The summed E-state index contributed by atoms with van der Waals surface area (Å²) in [6, 6.07) is 9.30. The van der Waals surface area contributed by atoms with Crippen molar-refractivity contribution in [2.45, 2.75) is 76.0 Å². The molecule has 2 rings (SSSR count). The summed E-state index contributed by atoms with van der Waals surface area (Å²) in [5.74, 6) is 1.08. The second kappa shape index (κ2) is 8.24. The minimum Gasteiger partial charge on any atom is -0.325 e. The first-order chi connectivity index (χ1) is 10.1. The summed E-state index contributed by atoms with van der Waals surface area (Å²) >= 11 is 2.01. The summed E-state index contributed by atoms with van der Waals surface area (Å²) in [6.45, 7) is 4.45. The molecule has 118 valence electrons. The van der Waals surface area contributed by atoms with Crippen molar-refractivity contribution in [1.82, 2.24) is 0 Å². The highest BCUT2D eigenvalue weighted by Crippen LogP contribution is 2.43. The van der Waals surface area contributed by atoms with Crippen LogP contribution in [0.2, 0.25) is 0 Å². The normalized spacial score (nSPS) is 25.4. The van der Waals surface area contributed by atoms with Gasteiger partial charge >= 0.3 is 0 Å². The molecule has 1 aliphatic heterocycles. The Morgan fingerprint density at radius 3 is 2.38 bits per heavy atom. The molecule has 2 unspecified atom stereocenters. The van der Waals surface area contributed by atoms with Crippen LogP contribution in [0, 0.1) is 0 Å². The summed E-state index contributed by atoms with van der Waals surface area (Å²) in [7, 11) is 0. The number of hydrogen-bond acceptors (Lipinski definition) is 2. The van der Waals surface area contributed by atoms with Gasteiger partial charge in [-0.3, -0.25) is 0 Å². The van der Waals surface area contributed by atoms with Gasteiger partial charge in [-0.15, -0.1) is 0 Å².